The number of ether oxygens (including phenoxy) is 5. The van der Waals surface area contributed by atoms with Crippen molar-refractivity contribution >= 4 is 17.8 Å². The number of hydrogen-bond acceptors (Lipinski definition) is 9. The number of carbonyl (C=O) groups excluding carboxylic acids is 3. The highest BCUT2D eigenvalue weighted by molar-refractivity contribution is 5.98. The van der Waals surface area contributed by atoms with E-state index in [9.17, 15) is 14.4 Å². The molecule has 0 aromatic carbocycles. The zero-order valence-electron chi connectivity index (χ0n) is 22.9. The van der Waals surface area contributed by atoms with Gasteiger partial charge in [0, 0.05) is 31.7 Å². The van der Waals surface area contributed by atoms with Crippen molar-refractivity contribution < 1.29 is 38.1 Å². The molecule has 37 heavy (non-hydrogen) atoms. The van der Waals surface area contributed by atoms with Crippen molar-refractivity contribution in [3.63, 3.8) is 0 Å². The average molecular weight is 523 g/mol. The maximum absolute atomic E-state index is 13.2. The molecule has 0 unspecified atom stereocenters. The summed E-state index contributed by atoms with van der Waals surface area (Å²) in [5.74, 6) is -0.797. The molecular weight excluding hydrogens is 480 g/mol. The van der Waals surface area contributed by atoms with Gasteiger partial charge in [0.05, 0.1) is 13.2 Å². The zero-order chi connectivity index (χ0) is 27.4. The fourth-order valence-corrected chi connectivity index (χ4v) is 4.35. The summed E-state index contributed by atoms with van der Waals surface area (Å²) in [4.78, 5) is 41.6. The quantitative estimate of drug-likeness (QED) is 0.320. The zero-order valence-corrected chi connectivity index (χ0v) is 22.9. The summed E-state index contributed by atoms with van der Waals surface area (Å²) in [6, 6.07) is 0.656. The Morgan fingerprint density at radius 3 is 2.68 bits per heavy atom. The first-order valence-corrected chi connectivity index (χ1v) is 13.1. The summed E-state index contributed by atoms with van der Waals surface area (Å²) >= 11 is 0. The standard InChI is InChI=1S/C27H42N2O8/c1-7-15-34-22-10-8-9-21(27(32)37-18(4)20(22)12-11-17(2)3)29-26(31)24-25(36-16-35-19(5)30)23(33-6)13-14-28-24/h13-14,17-18,20-22H,7-12,15-16H2,1-6H3,(H,29,31)/t18-,20-,21-,22-/m0/s1. The number of amides is 1. The minimum absolute atomic E-state index is 0.00957. The molecular formula is C27H42N2O8. The Morgan fingerprint density at radius 2 is 2.03 bits per heavy atom. The molecule has 10 nitrogen and oxygen atoms in total. The van der Waals surface area contributed by atoms with Crippen LogP contribution in [0.1, 0.15) is 83.6 Å². The van der Waals surface area contributed by atoms with E-state index in [2.05, 4.69) is 31.1 Å². The Balaban J connectivity index is 2.20. The van der Waals surface area contributed by atoms with Gasteiger partial charge in [0.2, 0.25) is 6.79 Å². The van der Waals surface area contributed by atoms with E-state index in [4.69, 9.17) is 23.7 Å². The van der Waals surface area contributed by atoms with Crippen LogP contribution in [0.4, 0.5) is 0 Å². The number of nitrogens with one attached hydrogen (secondary N) is 1. The Bertz CT molecular complexity index is 891. The molecule has 1 aromatic heterocycles. The summed E-state index contributed by atoms with van der Waals surface area (Å²) in [5, 5.41) is 2.75. The van der Waals surface area contributed by atoms with Crippen molar-refractivity contribution in [1.82, 2.24) is 10.3 Å². The average Bonchev–Trinajstić information content (AvgIpc) is 2.89. The first-order chi connectivity index (χ1) is 17.7. The van der Waals surface area contributed by atoms with Crippen LogP contribution in [0.3, 0.4) is 0 Å². The molecule has 1 aliphatic rings. The lowest BCUT2D eigenvalue weighted by molar-refractivity contribution is -0.156. The van der Waals surface area contributed by atoms with Gasteiger partial charge in [-0.1, -0.05) is 27.2 Å². The molecule has 1 fully saturated rings. The molecule has 0 saturated carbocycles. The number of pyridine rings is 1. The number of hydrogen-bond donors (Lipinski definition) is 1. The molecule has 0 radical (unpaired) electrons. The van der Waals surface area contributed by atoms with Crippen molar-refractivity contribution in [2.75, 3.05) is 20.5 Å². The van der Waals surface area contributed by atoms with E-state index in [1.807, 2.05) is 6.92 Å². The highest BCUT2D eigenvalue weighted by Crippen LogP contribution is 2.31. The van der Waals surface area contributed by atoms with Crippen LogP contribution >= 0.6 is 0 Å². The molecule has 0 bridgehead atoms. The van der Waals surface area contributed by atoms with E-state index in [1.54, 1.807) is 0 Å². The van der Waals surface area contributed by atoms with Crippen LogP contribution in [0.5, 0.6) is 11.5 Å². The lowest BCUT2D eigenvalue weighted by atomic mass is 9.86. The van der Waals surface area contributed by atoms with Gasteiger partial charge in [-0.15, -0.1) is 0 Å². The molecule has 1 aliphatic heterocycles. The lowest BCUT2D eigenvalue weighted by Gasteiger charge is -2.31. The minimum atomic E-state index is -0.861. The first kappa shape index (κ1) is 30.3. The summed E-state index contributed by atoms with van der Waals surface area (Å²) < 4.78 is 27.7. The van der Waals surface area contributed by atoms with Gasteiger partial charge in [-0.25, -0.2) is 9.78 Å². The summed E-state index contributed by atoms with van der Waals surface area (Å²) in [6.45, 7) is 9.81. The SMILES string of the molecule is CCCO[C@H]1CCC[C@H](NC(=O)c2nccc(OC)c2OCOC(C)=O)C(=O)O[C@@H](C)[C@@H]1CCC(C)C. The van der Waals surface area contributed by atoms with Crippen molar-refractivity contribution in [2.24, 2.45) is 11.8 Å². The predicted molar refractivity (Wildman–Crippen MR) is 136 cm³/mol. The fraction of sp³-hybridized carbons (Fsp3) is 0.704. The Morgan fingerprint density at radius 1 is 1.27 bits per heavy atom. The third kappa shape index (κ3) is 9.50. The molecule has 1 amide bonds. The van der Waals surface area contributed by atoms with Gasteiger partial charge in [-0.2, -0.15) is 0 Å². The van der Waals surface area contributed by atoms with Gasteiger partial charge < -0.3 is 29.0 Å². The largest absolute Gasteiger partial charge is 0.493 e. The lowest BCUT2D eigenvalue weighted by Crippen LogP contribution is -2.44. The van der Waals surface area contributed by atoms with Gasteiger partial charge >= 0.3 is 11.9 Å². The number of methoxy groups -OCH3 is 1. The van der Waals surface area contributed by atoms with Crippen molar-refractivity contribution in [3.8, 4) is 11.5 Å². The van der Waals surface area contributed by atoms with Crippen LogP contribution in [-0.2, 0) is 23.8 Å². The van der Waals surface area contributed by atoms with Crippen LogP contribution in [0.2, 0.25) is 0 Å². The predicted octanol–water partition coefficient (Wildman–Crippen LogP) is 4.05. The molecule has 1 saturated heterocycles. The Labute approximate surface area is 219 Å². The number of nitrogens with zero attached hydrogens (tertiary/aromatic N) is 1. The van der Waals surface area contributed by atoms with Crippen molar-refractivity contribution in [1.29, 1.82) is 0 Å². The van der Waals surface area contributed by atoms with Crippen molar-refractivity contribution in [2.45, 2.75) is 91.4 Å². The number of rotatable bonds is 12. The first-order valence-electron chi connectivity index (χ1n) is 13.1. The van der Waals surface area contributed by atoms with Crippen LogP contribution < -0.4 is 14.8 Å². The topological polar surface area (TPSA) is 122 Å². The Hall–Kier alpha value is -2.88. The molecule has 2 heterocycles. The minimum Gasteiger partial charge on any atom is -0.493 e. The number of aromatic nitrogens is 1. The van der Waals surface area contributed by atoms with Crippen LogP contribution in [0.15, 0.2) is 12.3 Å². The van der Waals surface area contributed by atoms with Gasteiger partial charge in [0.1, 0.15) is 12.1 Å². The second-order valence-corrected chi connectivity index (χ2v) is 9.73. The summed E-state index contributed by atoms with van der Waals surface area (Å²) in [5.41, 5.74) is -0.0915. The highest BCUT2D eigenvalue weighted by Gasteiger charge is 2.35. The summed E-state index contributed by atoms with van der Waals surface area (Å²) in [7, 11) is 1.42. The number of cyclic esters (lactones) is 1. The van der Waals surface area contributed by atoms with Crippen LogP contribution in [-0.4, -0.2) is 61.6 Å². The molecule has 4 atom stereocenters. The molecule has 0 aliphatic carbocycles. The Kier molecular flexibility index (Phi) is 12.6. The summed E-state index contributed by atoms with van der Waals surface area (Å²) in [6.07, 6.45) is 5.68. The second kappa shape index (κ2) is 15.4. The van der Waals surface area contributed by atoms with Gasteiger partial charge in [-0.05, 0) is 44.9 Å². The molecule has 1 N–H and O–H groups in total. The van der Waals surface area contributed by atoms with E-state index < -0.39 is 30.7 Å². The monoisotopic (exact) mass is 522 g/mol. The second-order valence-electron chi connectivity index (χ2n) is 9.73. The third-order valence-electron chi connectivity index (χ3n) is 6.34. The normalized spacial score (nSPS) is 22.3. The van der Waals surface area contributed by atoms with Crippen LogP contribution in [0.25, 0.3) is 0 Å². The van der Waals surface area contributed by atoms with E-state index in [1.165, 1.54) is 26.3 Å². The van der Waals surface area contributed by atoms with E-state index in [0.717, 1.165) is 25.7 Å². The van der Waals surface area contributed by atoms with E-state index >= 15 is 0 Å². The number of carbonyl (C=O) groups is 3. The highest BCUT2D eigenvalue weighted by atomic mass is 16.7. The fourth-order valence-electron chi connectivity index (χ4n) is 4.35. The maximum Gasteiger partial charge on any atom is 0.328 e. The van der Waals surface area contributed by atoms with E-state index in [0.29, 0.717) is 25.4 Å². The molecule has 10 heteroatoms. The number of esters is 2. The van der Waals surface area contributed by atoms with Gasteiger partial charge in [0.25, 0.3) is 5.91 Å². The third-order valence-corrected chi connectivity index (χ3v) is 6.34. The molecule has 1 aromatic rings. The van der Waals surface area contributed by atoms with E-state index in [-0.39, 0.29) is 35.3 Å². The maximum atomic E-state index is 13.2. The van der Waals surface area contributed by atoms with Crippen LogP contribution in [0, 0.1) is 11.8 Å². The van der Waals surface area contributed by atoms with Gasteiger partial charge in [-0.3, -0.25) is 9.59 Å². The van der Waals surface area contributed by atoms with Gasteiger partial charge in [0.15, 0.2) is 17.2 Å². The smallest absolute Gasteiger partial charge is 0.328 e. The molecule has 2 rings (SSSR count). The van der Waals surface area contributed by atoms with Crippen molar-refractivity contribution in [3.05, 3.63) is 18.0 Å². The molecule has 0 spiro atoms. The molecule has 208 valence electrons.